The lowest BCUT2D eigenvalue weighted by atomic mass is 9.87. The van der Waals surface area contributed by atoms with Crippen molar-refractivity contribution in [2.75, 3.05) is 6.54 Å². The van der Waals surface area contributed by atoms with Crippen LogP contribution in [0.25, 0.3) is 0 Å². The minimum atomic E-state index is 0.0101. The van der Waals surface area contributed by atoms with Gasteiger partial charge in [-0.2, -0.15) is 0 Å². The molecule has 1 aliphatic carbocycles. The van der Waals surface area contributed by atoms with E-state index in [4.69, 9.17) is 5.73 Å². The Morgan fingerprint density at radius 2 is 2.21 bits per heavy atom. The normalized spacial score (nSPS) is 22.4. The standard InChI is InChI=1S/C15H20N2OS/c1-11-4-6-13(7-5-11)17-15(18)14-12(3-2-9-16)8-10-19-14/h8,10-11,13H,4-7,9,16H2,1H3,(H,17,18). The van der Waals surface area contributed by atoms with E-state index in [0.717, 1.165) is 24.3 Å². The Morgan fingerprint density at radius 1 is 1.47 bits per heavy atom. The van der Waals surface area contributed by atoms with Crippen molar-refractivity contribution in [1.82, 2.24) is 5.32 Å². The average Bonchev–Trinajstić information content (AvgIpc) is 2.87. The molecule has 1 saturated carbocycles. The Bertz CT molecular complexity index is 490. The van der Waals surface area contributed by atoms with Crippen molar-refractivity contribution in [3.05, 3.63) is 21.9 Å². The first-order valence-corrected chi connectivity index (χ1v) is 7.66. The van der Waals surface area contributed by atoms with Gasteiger partial charge in [0.2, 0.25) is 0 Å². The lowest BCUT2D eigenvalue weighted by molar-refractivity contribution is 0.0927. The maximum atomic E-state index is 12.2. The topological polar surface area (TPSA) is 55.1 Å². The molecule has 0 aliphatic heterocycles. The van der Waals surface area contributed by atoms with Crippen LogP contribution in [0.4, 0.5) is 0 Å². The van der Waals surface area contributed by atoms with Crippen LogP contribution in [0.5, 0.6) is 0 Å². The molecule has 0 saturated heterocycles. The Labute approximate surface area is 118 Å². The third-order valence-corrected chi connectivity index (χ3v) is 4.46. The van der Waals surface area contributed by atoms with Crippen LogP contribution in [0, 0.1) is 17.8 Å². The highest BCUT2D eigenvalue weighted by Gasteiger charge is 2.21. The monoisotopic (exact) mass is 276 g/mol. The summed E-state index contributed by atoms with van der Waals surface area (Å²) in [6, 6.07) is 2.20. The maximum absolute atomic E-state index is 12.2. The van der Waals surface area contributed by atoms with Crippen LogP contribution in [-0.4, -0.2) is 18.5 Å². The van der Waals surface area contributed by atoms with Crippen LogP contribution in [-0.2, 0) is 0 Å². The van der Waals surface area contributed by atoms with Gasteiger partial charge < -0.3 is 11.1 Å². The number of carbonyl (C=O) groups excluding carboxylic acids is 1. The SMILES string of the molecule is CC1CCC(NC(=O)c2sccc2C#CCN)CC1. The fourth-order valence-electron chi connectivity index (χ4n) is 2.39. The summed E-state index contributed by atoms with van der Waals surface area (Å²) in [4.78, 5) is 12.9. The van der Waals surface area contributed by atoms with E-state index in [2.05, 4.69) is 24.1 Å². The van der Waals surface area contributed by atoms with Gasteiger partial charge in [-0.3, -0.25) is 4.79 Å². The summed E-state index contributed by atoms with van der Waals surface area (Å²) >= 11 is 1.44. The first-order chi connectivity index (χ1) is 9.20. The van der Waals surface area contributed by atoms with E-state index in [1.165, 1.54) is 24.2 Å². The first kappa shape index (κ1) is 14.1. The van der Waals surface area contributed by atoms with E-state index in [1.54, 1.807) is 0 Å². The largest absolute Gasteiger partial charge is 0.349 e. The maximum Gasteiger partial charge on any atom is 0.262 e. The number of nitrogens with two attached hydrogens (primary N) is 1. The Balaban J connectivity index is 1.98. The quantitative estimate of drug-likeness (QED) is 0.815. The number of amides is 1. The molecule has 1 aromatic heterocycles. The van der Waals surface area contributed by atoms with Crippen LogP contribution in [0.2, 0.25) is 0 Å². The van der Waals surface area contributed by atoms with Gasteiger partial charge in [0.15, 0.2) is 0 Å². The molecule has 4 heteroatoms. The van der Waals surface area contributed by atoms with Gasteiger partial charge in [-0.15, -0.1) is 11.3 Å². The molecule has 1 aromatic rings. The number of rotatable bonds is 2. The Hall–Kier alpha value is -1.31. The molecule has 0 atom stereocenters. The highest BCUT2D eigenvalue weighted by molar-refractivity contribution is 7.12. The van der Waals surface area contributed by atoms with Gasteiger partial charge in [0.1, 0.15) is 4.88 Å². The molecule has 0 bridgehead atoms. The highest BCUT2D eigenvalue weighted by Crippen LogP contribution is 2.24. The second kappa shape index (κ2) is 6.74. The molecule has 1 aliphatic rings. The van der Waals surface area contributed by atoms with Crippen molar-refractivity contribution in [1.29, 1.82) is 0 Å². The van der Waals surface area contributed by atoms with Gasteiger partial charge in [-0.05, 0) is 43.0 Å². The van der Waals surface area contributed by atoms with Gasteiger partial charge >= 0.3 is 0 Å². The van der Waals surface area contributed by atoms with Crippen molar-refractivity contribution in [3.8, 4) is 11.8 Å². The zero-order valence-electron chi connectivity index (χ0n) is 11.2. The number of thiophene rings is 1. The Morgan fingerprint density at radius 3 is 2.89 bits per heavy atom. The van der Waals surface area contributed by atoms with Crippen LogP contribution in [0.1, 0.15) is 47.8 Å². The second-order valence-electron chi connectivity index (χ2n) is 5.10. The van der Waals surface area contributed by atoms with Crippen LogP contribution in [0.15, 0.2) is 11.4 Å². The molecule has 102 valence electrons. The van der Waals surface area contributed by atoms with Gasteiger partial charge in [0, 0.05) is 11.6 Å². The first-order valence-electron chi connectivity index (χ1n) is 6.78. The lowest BCUT2D eigenvalue weighted by Crippen LogP contribution is -2.37. The summed E-state index contributed by atoms with van der Waals surface area (Å²) in [5.41, 5.74) is 6.15. The van der Waals surface area contributed by atoms with Gasteiger partial charge in [-0.1, -0.05) is 18.8 Å². The minimum absolute atomic E-state index is 0.0101. The van der Waals surface area contributed by atoms with E-state index in [0.29, 0.717) is 17.5 Å². The number of carbonyl (C=O) groups is 1. The third kappa shape index (κ3) is 3.82. The predicted molar refractivity (Wildman–Crippen MR) is 79.1 cm³/mol. The smallest absolute Gasteiger partial charge is 0.262 e. The number of nitrogens with one attached hydrogen (secondary N) is 1. The zero-order valence-corrected chi connectivity index (χ0v) is 12.1. The van der Waals surface area contributed by atoms with Crippen molar-refractivity contribution < 1.29 is 4.79 Å². The molecule has 3 nitrogen and oxygen atoms in total. The molecule has 1 heterocycles. The summed E-state index contributed by atoms with van der Waals surface area (Å²) in [6.07, 6.45) is 4.58. The van der Waals surface area contributed by atoms with E-state index in [-0.39, 0.29) is 5.91 Å². The van der Waals surface area contributed by atoms with E-state index >= 15 is 0 Å². The fraction of sp³-hybridized carbons (Fsp3) is 0.533. The van der Waals surface area contributed by atoms with Crippen molar-refractivity contribution in [3.63, 3.8) is 0 Å². The Kier molecular flexibility index (Phi) is 5.00. The van der Waals surface area contributed by atoms with E-state index in [1.807, 2.05) is 11.4 Å². The van der Waals surface area contributed by atoms with Gasteiger partial charge in [-0.25, -0.2) is 0 Å². The summed E-state index contributed by atoms with van der Waals surface area (Å²) in [6.45, 7) is 2.59. The molecular formula is C15H20N2OS. The van der Waals surface area contributed by atoms with Crippen molar-refractivity contribution in [2.45, 2.75) is 38.6 Å². The van der Waals surface area contributed by atoms with Crippen LogP contribution >= 0.6 is 11.3 Å². The fourth-order valence-corrected chi connectivity index (χ4v) is 3.14. The molecule has 0 aromatic carbocycles. The van der Waals surface area contributed by atoms with Crippen LogP contribution in [0.3, 0.4) is 0 Å². The van der Waals surface area contributed by atoms with E-state index in [9.17, 15) is 4.79 Å². The molecule has 1 amide bonds. The van der Waals surface area contributed by atoms with Crippen molar-refractivity contribution in [2.24, 2.45) is 11.7 Å². The zero-order chi connectivity index (χ0) is 13.7. The number of hydrogen-bond donors (Lipinski definition) is 2. The lowest BCUT2D eigenvalue weighted by Gasteiger charge is -2.26. The molecule has 0 spiro atoms. The second-order valence-corrected chi connectivity index (χ2v) is 6.02. The molecule has 1 fully saturated rings. The average molecular weight is 276 g/mol. The molecule has 0 radical (unpaired) electrons. The molecule has 2 rings (SSSR count). The third-order valence-electron chi connectivity index (χ3n) is 3.55. The molecular weight excluding hydrogens is 256 g/mol. The van der Waals surface area contributed by atoms with E-state index < -0.39 is 0 Å². The molecule has 19 heavy (non-hydrogen) atoms. The molecule has 0 unspecified atom stereocenters. The predicted octanol–water partition coefficient (Wildman–Crippen LogP) is 2.37. The minimum Gasteiger partial charge on any atom is -0.349 e. The molecule has 3 N–H and O–H groups in total. The van der Waals surface area contributed by atoms with Crippen LogP contribution < -0.4 is 11.1 Å². The summed E-state index contributed by atoms with van der Waals surface area (Å²) in [7, 11) is 0. The summed E-state index contributed by atoms with van der Waals surface area (Å²) < 4.78 is 0. The van der Waals surface area contributed by atoms with Gasteiger partial charge in [0.05, 0.1) is 6.54 Å². The van der Waals surface area contributed by atoms with Crippen molar-refractivity contribution >= 4 is 17.2 Å². The summed E-state index contributed by atoms with van der Waals surface area (Å²) in [5, 5.41) is 5.03. The van der Waals surface area contributed by atoms with Gasteiger partial charge in [0.25, 0.3) is 5.91 Å². The number of hydrogen-bond acceptors (Lipinski definition) is 3. The highest BCUT2D eigenvalue weighted by atomic mass is 32.1. The summed E-state index contributed by atoms with van der Waals surface area (Å²) in [5.74, 6) is 6.56.